The number of anilines is 2. The molecule has 202 valence electrons. The van der Waals surface area contributed by atoms with Gasteiger partial charge in [0.05, 0.1) is 17.5 Å². The minimum absolute atomic E-state index is 0.0195. The van der Waals surface area contributed by atoms with Crippen LogP contribution in [-0.2, 0) is 27.9 Å². The number of aromatic nitrogens is 1. The number of esters is 1. The summed E-state index contributed by atoms with van der Waals surface area (Å²) in [5.41, 5.74) is 5.05. The Morgan fingerprint density at radius 1 is 1.27 bits per heavy atom. The summed E-state index contributed by atoms with van der Waals surface area (Å²) in [6, 6.07) is 7.93. The molecule has 1 aromatic heterocycles. The lowest BCUT2D eigenvalue weighted by atomic mass is 9.98. The van der Waals surface area contributed by atoms with Gasteiger partial charge in [-0.1, -0.05) is 6.07 Å². The molecular formula is C28H39ClN4O4. The number of ether oxygens (including phenoxy) is 2. The van der Waals surface area contributed by atoms with E-state index in [1.54, 1.807) is 11.6 Å². The van der Waals surface area contributed by atoms with Gasteiger partial charge in [0, 0.05) is 56.6 Å². The Kier molecular flexibility index (Phi) is 9.16. The zero-order valence-electron chi connectivity index (χ0n) is 22.3. The van der Waals surface area contributed by atoms with E-state index in [0.29, 0.717) is 24.8 Å². The average molecular weight is 531 g/mol. The third-order valence-corrected chi connectivity index (χ3v) is 7.27. The number of hydrogen-bond acceptors (Lipinski definition) is 7. The van der Waals surface area contributed by atoms with Crippen LogP contribution < -0.4 is 21.1 Å². The normalized spacial score (nSPS) is 18.5. The molecular weight excluding hydrogens is 492 g/mol. The SMILES string of the molecule is Cc1cc(C2Nc3cc(CNC(CCCl)C(=O)OC(C)C)ccc3N2CC2CCOCC2)cn(C)c1=O. The minimum atomic E-state index is -0.451. The lowest BCUT2D eigenvalue weighted by Gasteiger charge is -2.33. The molecule has 3 heterocycles. The molecule has 0 radical (unpaired) electrons. The number of nitrogens with zero attached hydrogens (tertiary/aromatic N) is 2. The Labute approximate surface area is 224 Å². The van der Waals surface area contributed by atoms with Gasteiger partial charge in [-0.2, -0.15) is 0 Å². The van der Waals surface area contributed by atoms with E-state index in [1.807, 2.05) is 33.0 Å². The van der Waals surface area contributed by atoms with Crippen LogP contribution in [0, 0.1) is 12.8 Å². The van der Waals surface area contributed by atoms with Crippen molar-refractivity contribution in [2.75, 3.05) is 35.9 Å². The van der Waals surface area contributed by atoms with Crippen molar-refractivity contribution < 1.29 is 14.3 Å². The van der Waals surface area contributed by atoms with Crippen molar-refractivity contribution in [3.05, 3.63) is 57.5 Å². The molecule has 2 N–H and O–H groups in total. The summed E-state index contributed by atoms with van der Waals surface area (Å²) in [5.74, 6) is 0.642. The second-order valence-corrected chi connectivity index (χ2v) is 10.8. The van der Waals surface area contributed by atoms with E-state index in [9.17, 15) is 9.59 Å². The number of nitrogens with one attached hydrogen (secondary N) is 2. The molecule has 2 aliphatic heterocycles. The topological polar surface area (TPSA) is 84.8 Å². The van der Waals surface area contributed by atoms with Crippen LogP contribution in [0.4, 0.5) is 11.4 Å². The molecule has 1 fully saturated rings. The van der Waals surface area contributed by atoms with Gasteiger partial charge in [0.2, 0.25) is 0 Å². The summed E-state index contributed by atoms with van der Waals surface area (Å²) in [5, 5.41) is 7.03. The lowest BCUT2D eigenvalue weighted by Crippen LogP contribution is -2.39. The number of fused-ring (bicyclic) bond motifs is 1. The molecule has 4 rings (SSSR count). The zero-order chi connectivity index (χ0) is 26.5. The van der Waals surface area contributed by atoms with E-state index in [2.05, 4.69) is 33.7 Å². The first-order valence-electron chi connectivity index (χ1n) is 13.2. The molecule has 0 saturated carbocycles. The van der Waals surface area contributed by atoms with Gasteiger partial charge < -0.3 is 29.6 Å². The number of pyridine rings is 1. The lowest BCUT2D eigenvalue weighted by molar-refractivity contribution is -0.150. The third kappa shape index (κ3) is 6.67. The summed E-state index contributed by atoms with van der Waals surface area (Å²) in [4.78, 5) is 27.2. The molecule has 2 unspecified atom stereocenters. The molecule has 0 amide bonds. The summed E-state index contributed by atoms with van der Waals surface area (Å²) in [7, 11) is 1.80. The van der Waals surface area contributed by atoms with Crippen LogP contribution in [0.3, 0.4) is 0 Å². The number of alkyl halides is 1. The number of aryl methyl sites for hydroxylation is 2. The van der Waals surface area contributed by atoms with Gasteiger partial charge in [-0.05, 0) is 69.7 Å². The smallest absolute Gasteiger partial charge is 0.323 e. The van der Waals surface area contributed by atoms with E-state index in [1.165, 1.54) is 0 Å². The van der Waals surface area contributed by atoms with Crippen molar-refractivity contribution in [2.45, 2.75) is 64.9 Å². The number of carbonyl (C=O) groups is 1. The summed E-state index contributed by atoms with van der Waals surface area (Å²) in [6.07, 6.45) is 4.27. The quantitative estimate of drug-likeness (QED) is 0.353. The second-order valence-electron chi connectivity index (χ2n) is 10.4. The third-order valence-electron chi connectivity index (χ3n) is 7.06. The first kappa shape index (κ1) is 27.5. The summed E-state index contributed by atoms with van der Waals surface area (Å²) < 4.78 is 12.6. The fraction of sp³-hybridized carbons (Fsp3) is 0.571. The number of benzene rings is 1. The highest BCUT2D eigenvalue weighted by Crippen LogP contribution is 2.42. The molecule has 37 heavy (non-hydrogen) atoms. The second kappa shape index (κ2) is 12.3. The fourth-order valence-electron chi connectivity index (χ4n) is 5.12. The van der Waals surface area contributed by atoms with Gasteiger partial charge in [-0.15, -0.1) is 11.6 Å². The first-order valence-corrected chi connectivity index (χ1v) is 13.7. The van der Waals surface area contributed by atoms with Crippen LogP contribution in [0.25, 0.3) is 0 Å². The van der Waals surface area contributed by atoms with E-state index in [-0.39, 0.29) is 23.8 Å². The molecule has 8 nitrogen and oxygen atoms in total. The van der Waals surface area contributed by atoms with Gasteiger partial charge in [0.25, 0.3) is 5.56 Å². The van der Waals surface area contributed by atoms with Crippen molar-refractivity contribution in [3.8, 4) is 0 Å². The monoisotopic (exact) mass is 530 g/mol. The first-order chi connectivity index (χ1) is 17.8. The molecule has 0 aliphatic carbocycles. The van der Waals surface area contributed by atoms with Crippen LogP contribution in [0.1, 0.15) is 56.0 Å². The maximum atomic E-state index is 12.5. The zero-order valence-corrected chi connectivity index (χ0v) is 23.0. The van der Waals surface area contributed by atoms with E-state index in [4.69, 9.17) is 21.1 Å². The maximum absolute atomic E-state index is 12.5. The van der Waals surface area contributed by atoms with Crippen LogP contribution in [0.2, 0.25) is 0 Å². The van der Waals surface area contributed by atoms with Crippen molar-refractivity contribution >= 4 is 28.9 Å². The summed E-state index contributed by atoms with van der Waals surface area (Å²) >= 11 is 5.95. The van der Waals surface area contributed by atoms with Crippen LogP contribution in [0.5, 0.6) is 0 Å². The Morgan fingerprint density at radius 2 is 2.03 bits per heavy atom. The van der Waals surface area contributed by atoms with Crippen molar-refractivity contribution in [1.29, 1.82) is 0 Å². The standard InChI is InChI=1S/C28H39ClN4O4/c1-18(2)37-28(35)23(7-10-29)30-15-21-5-6-25-24(14-21)31-26(22-13-19(3)27(34)32(4)17-22)33(25)16-20-8-11-36-12-9-20/h5-6,13-14,17-18,20,23,26,30-31H,7-12,15-16H2,1-4H3. The maximum Gasteiger partial charge on any atom is 0.323 e. The molecule has 0 spiro atoms. The van der Waals surface area contributed by atoms with E-state index in [0.717, 1.165) is 60.7 Å². The summed E-state index contributed by atoms with van der Waals surface area (Å²) in [6.45, 7) is 8.58. The van der Waals surface area contributed by atoms with E-state index >= 15 is 0 Å². The minimum Gasteiger partial charge on any atom is -0.462 e. The molecule has 9 heteroatoms. The Balaban J connectivity index is 1.56. The Hall–Kier alpha value is -2.55. The van der Waals surface area contributed by atoms with Crippen molar-refractivity contribution in [2.24, 2.45) is 13.0 Å². The van der Waals surface area contributed by atoms with Crippen molar-refractivity contribution in [1.82, 2.24) is 9.88 Å². The van der Waals surface area contributed by atoms with Gasteiger partial charge in [0.1, 0.15) is 12.2 Å². The molecule has 2 atom stereocenters. The number of rotatable bonds is 10. The van der Waals surface area contributed by atoms with Gasteiger partial charge in [-0.3, -0.25) is 9.59 Å². The molecule has 1 saturated heterocycles. The largest absolute Gasteiger partial charge is 0.462 e. The average Bonchev–Trinajstić information content (AvgIpc) is 3.22. The number of carbonyl (C=O) groups excluding carboxylic acids is 1. The number of halogens is 1. The Bertz CT molecular complexity index is 1120. The predicted octanol–water partition coefficient (Wildman–Crippen LogP) is 4.09. The molecule has 0 bridgehead atoms. The van der Waals surface area contributed by atoms with Crippen LogP contribution in [-0.4, -0.2) is 48.3 Å². The van der Waals surface area contributed by atoms with Gasteiger partial charge in [0.15, 0.2) is 0 Å². The highest BCUT2D eigenvalue weighted by atomic mass is 35.5. The van der Waals surface area contributed by atoms with Crippen LogP contribution >= 0.6 is 11.6 Å². The molecule has 2 aromatic rings. The fourth-order valence-corrected chi connectivity index (χ4v) is 5.34. The Morgan fingerprint density at radius 3 is 2.70 bits per heavy atom. The van der Waals surface area contributed by atoms with Crippen molar-refractivity contribution in [3.63, 3.8) is 0 Å². The number of hydrogen-bond donors (Lipinski definition) is 2. The highest BCUT2D eigenvalue weighted by molar-refractivity contribution is 6.18. The van der Waals surface area contributed by atoms with Gasteiger partial charge >= 0.3 is 5.97 Å². The highest BCUT2D eigenvalue weighted by Gasteiger charge is 2.33. The van der Waals surface area contributed by atoms with E-state index < -0.39 is 6.04 Å². The molecule has 2 aliphatic rings. The molecule has 1 aromatic carbocycles. The van der Waals surface area contributed by atoms with Crippen LogP contribution in [0.15, 0.2) is 35.3 Å². The predicted molar refractivity (Wildman–Crippen MR) is 147 cm³/mol. The van der Waals surface area contributed by atoms with Gasteiger partial charge in [-0.25, -0.2) is 0 Å².